The van der Waals surface area contributed by atoms with Gasteiger partial charge < -0.3 is 10.5 Å². The van der Waals surface area contributed by atoms with Crippen molar-refractivity contribution < 1.29 is 18.3 Å². The second-order valence-electron chi connectivity index (χ2n) is 3.95. The summed E-state index contributed by atoms with van der Waals surface area (Å²) in [4.78, 5) is 11.5. The second kappa shape index (κ2) is 6.00. The van der Waals surface area contributed by atoms with Crippen LogP contribution in [0.15, 0.2) is 29.0 Å². The highest BCUT2D eigenvalue weighted by Crippen LogP contribution is 2.22. The third-order valence-electron chi connectivity index (χ3n) is 2.46. The average molecular weight is 346 g/mol. The van der Waals surface area contributed by atoms with E-state index in [1.165, 1.54) is 23.1 Å². The van der Waals surface area contributed by atoms with Crippen molar-refractivity contribution in [3.05, 3.63) is 46.2 Å². The molecule has 2 aromatic rings. The van der Waals surface area contributed by atoms with Crippen molar-refractivity contribution in [2.24, 2.45) is 0 Å². The van der Waals surface area contributed by atoms with Crippen LogP contribution in [-0.4, -0.2) is 15.7 Å². The van der Waals surface area contributed by atoms with Gasteiger partial charge in [0.2, 0.25) is 0 Å². The van der Waals surface area contributed by atoms with E-state index in [1.54, 1.807) is 0 Å². The van der Waals surface area contributed by atoms with Gasteiger partial charge in [0.1, 0.15) is 24.8 Å². The van der Waals surface area contributed by atoms with Crippen LogP contribution in [-0.2, 0) is 22.7 Å². The molecular weight excluding hydrogens is 336 g/mol. The SMILES string of the molecule is Nc1cnn(CC(=O)OCc2c(F)ccc(Br)c2F)c1. The number of hydrogen-bond acceptors (Lipinski definition) is 4. The van der Waals surface area contributed by atoms with Crippen LogP contribution in [0, 0.1) is 11.6 Å². The molecule has 2 N–H and O–H groups in total. The maximum atomic E-state index is 13.6. The topological polar surface area (TPSA) is 70.1 Å². The molecule has 106 valence electrons. The van der Waals surface area contributed by atoms with Crippen molar-refractivity contribution in [2.75, 3.05) is 5.73 Å². The van der Waals surface area contributed by atoms with Crippen LogP contribution in [0.2, 0.25) is 0 Å². The number of benzene rings is 1. The summed E-state index contributed by atoms with van der Waals surface area (Å²) in [6.45, 7) is -0.679. The maximum Gasteiger partial charge on any atom is 0.328 e. The van der Waals surface area contributed by atoms with Crippen molar-refractivity contribution in [1.29, 1.82) is 0 Å². The number of ether oxygens (including phenoxy) is 1. The Hall–Kier alpha value is -1.96. The van der Waals surface area contributed by atoms with Crippen molar-refractivity contribution in [1.82, 2.24) is 9.78 Å². The van der Waals surface area contributed by atoms with Gasteiger partial charge in [0.25, 0.3) is 0 Å². The molecule has 0 saturated carbocycles. The number of hydrogen-bond donors (Lipinski definition) is 1. The van der Waals surface area contributed by atoms with Gasteiger partial charge in [-0.1, -0.05) is 0 Å². The third kappa shape index (κ3) is 3.32. The molecule has 20 heavy (non-hydrogen) atoms. The van der Waals surface area contributed by atoms with Crippen LogP contribution in [0.1, 0.15) is 5.56 Å². The molecule has 8 heteroatoms. The van der Waals surface area contributed by atoms with Crippen molar-refractivity contribution in [2.45, 2.75) is 13.2 Å². The lowest BCUT2D eigenvalue weighted by molar-refractivity contribution is -0.146. The molecule has 5 nitrogen and oxygen atoms in total. The minimum atomic E-state index is -0.791. The number of rotatable bonds is 4. The number of nitrogens with two attached hydrogens (primary N) is 1. The second-order valence-corrected chi connectivity index (χ2v) is 4.81. The van der Waals surface area contributed by atoms with E-state index in [1.807, 2.05) is 0 Å². The maximum absolute atomic E-state index is 13.6. The van der Waals surface area contributed by atoms with Gasteiger partial charge in [-0.2, -0.15) is 5.10 Å². The summed E-state index contributed by atoms with van der Waals surface area (Å²) in [5.41, 5.74) is 5.53. The summed E-state index contributed by atoms with van der Waals surface area (Å²) in [6.07, 6.45) is 2.82. The van der Waals surface area contributed by atoms with E-state index in [0.29, 0.717) is 5.69 Å². The van der Waals surface area contributed by atoms with Gasteiger partial charge in [0.05, 0.1) is 21.9 Å². The van der Waals surface area contributed by atoms with Gasteiger partial charge in [-0.05, 0) is 28.1 Å². The van der Waals surface area contributed by atoms with Crippen LogP contribution in [0.4, 0.5) is 14.5 Å². The molecule has 0 aliphatic rings. The normalized spacial score (nSPS) is 10.6. The highest BCUT2D eigenvalue weighted by atomic mass is 79.9. The summed E-state index contributed by atoms with van der Waals surface area (Å²) in [7, 11) is 0. The van der Waals surface area contributed by atoms with Gasteiger partial charge in [0, 0.05) is 6.20 Å². The van der Waals surface area contributed by atoms with Gasteiger partial charge in [-0.3, -0.25) is 9.48 Å². The third-order valence-corrected chi connectivity index (χ3v) is 3.07. The highest BCUT2D eigenvalue weighted by molar-refractivity contribution is 9.10. The average Bonchev–Trinajstić information content (AvgIpc) is 2.79. The molecule has 0 aliphatic heterocycles. The summed E-state index contributed by atoms with van der Waals surface area (Å²) >= 11 is 2.93. The zero-order valence-electron chi connectivity index (χ0n) is 10.1. The first-order chi connectivity index (χ1) is 9.47. The predicted octanol–water partition coefficient (Wildman–Crippen LogP) is 2.25. The fourth-order valence-corrected chi connectivity index (χ4v) is 1.87. The Morgan fingerprint density at radius 2 is 2.20 bits per heavy atom. The molecule has 1 aromatic heterocycles. The van der Waals surface area contributed by atoms with E-state index in [2.05, 4.69) is 21.0 Å². The number of nitrogens with zero attached hydrogens (tertiary/aromatic N) is 2. The van der Waals surface area contributed by atoms with Crippen molar-refractivity contribution in [3.8, 4) is 0 Å². The largest absolute Gasteiger partial charge is 0.459 e. The number of nitrogen functional groups attached to an aromatic ring is 1. The lowest BCUT2D eigenvalue weighted by Gasteiger charge is -2.08. The molecule has 0 atom stereocenters. The molecular formula is C12H10BrF2N3O2. The molecule has 0 amide bonds. The molecule has 0 unspecified atom stereocenters. The molecule has 0 fully saturated rings. The summed E-state index contributed by atoms with van der Waals surface area (Å²) in [5, 5.41) is 3.80. The van der Waals surface area contributed by atoms with E-state index in [-0.39, 0.29) is 16.6 Å². The highest BCUT2D eigenvalue weighted by Gasteiger charge is 2.14. The van der Waals surface area contributed by atoms with Gasteiger partial charge in [0.15, 0.2) is 0 Å². The molecule has 0 spiro atoms. The zero-order chi connectivity index (χ0) is 14.7. The van der Waals surface area contributed by atoms with E-state index in [9.17, 15) is 13.6 Å². The predicted molar refractivity (Wildman–Crippen MR) is 70.5 cm³/mol. The first-order valence-electron chi connectivity index (χ1n) is 5.53. The van der Waals surface area contributed by atoms with Gasteiger partial charge in [-0.25, -0.2) is 8.78 Å². The number of carbonyl (C=O) groups is 1. The Bertz CT molecular complexity index is 646. The van der Waals surface area contributed by atoms with Crippen molar-refractivity contribution in [3.63, 3.8) is 0 Å². The lowest BCUT2D eigenvalue weighted by atomic mass is 10.2. The van der Waals surface area contributed by atoms with E-state index < -0.39 is 24.2 Å². The van der Waals surface area contributed by atoms with E-state index >= 15 is 0 Å². The molecule has 2 rings (SSSR count). The van der Waals surface area contributed by atoms with Crippen LogP contribution in [0.25, 0.3) is 0 Å². The Balaban J connectivity index is 1.98. The quantitative estimate of drug-likeness (QED) is 0.681. The standard InChI is InChI=1S/C12H10BrF2N3O2/c13-9-1-2-10(14)8(12(9)15)6-20-11(19)5-18-4-7(16)3-17-18/h1-4H,5-6,16H2. The molecule has 1 aromatic carbocycles. The molecule has 0 radical (unpaired) electrons. The van der Waals surface area contributed by atoms with Crippen LogP contribution in [0.3, 0.4) is 0 Å². The van der Waals surface area contributed by atoms with Gasteiger partial charge in [-0.15, -0.1) is 0 Å². The Kier molecular flexibility index (Phi) is 4.33. The van der Waals surface area contributed by atoms with Gasteiger partial charge >= 0.3 is 5.97 Å². The van der Waals surface area contributed by atoms with Crippen LogP contribution in [0.5, 0.6) is 0 Å². The number of halogens is 3. The monoisotopic (exact) mass is 345 g/mol. The lowest BCUT2D eigenvalue weighted by Crippen LogP contribution is -2.14. The zero-order valence-corrected chi connectivity index (χ0v) is 11.7. The first kappa shape index (κ1) is 14.4. The molecule has 0 saturated heterocycles. The minimum absolute atomic E-state index is 0.102. The molecule has 0 bridgehead atoms. The van der Waals surface area contributed by atoms with E-state index in [0.717, 1.165) is 6.07 Å². The van der Waals surface area contributed by atoms with Crippen molar-refractivity contribution >= 4 is 27.6 Å². The number of esters is 1. The number of aromatic nitrogens is 2. The van der Waals surface area contributed by atoms with E-state index in [4.69, 9.17) is 10.5 Å². The first-order valence-corrected chi connectivity index (χ1v) is 6.32. The summed E-state index contributed by atoms with van der Waals surface area (Å²) in [5.74, 6) is -2.24. The molecule has 1 heterocycles. The summed E-state index contributed by atoms with van der Waals surface area (Å²) < 4.78 is 33.2. The fourth-order valence-electron chi connectivity index (χ4n) is 1.50. The Morgan fingerprint density at radius 1 is 1.45 bits per heavy atom. The van der Waals surface area contributed by atoms with Crippen LogP contribution >= 0.6 is 15.9 Å². The Morgan fingerprint density at radius 3 is 2.85 bits per heavy atom. The number of carbonyl (C=O) groups excluding carboxylic acids is 1. The number of anilines is 1. The van der Waals surface area contributed by atoms with Crippen LogP contribution < -0.4 is 5.73 Å². The summed E-state index contributed by atoms with van der Waals surface area (Å²) in [6, 6.07) is 2.33. The fraction of sp³-hybridized carbons (Fsp3) is 0.167. The Labute approximate surface area is 121 Å². The molecule has 0 aliphatic carbocycles. The smallest absolute Gasteiger partial charge is 0.328 e. The minimum Gasteiger partial charge on any atom is -0.459 e.